The second kappa shape index (κ2) is 6.84. The van der Waals surface area contributed by atoms with Gasteiger partial charge in [-0.05, 0) is 48.9 Å². The van der Waals surface area contributed by atoms with Gasteiger partial charge in [0.15, 0.2) is 11.5 Å². The molecule has 26 heavy (non-hydrogen) atoms. The van der Waals surface area contributed by atoms with E-state index in [0.717, 1.165) is 22.7 Å². The summed E-state index contributed by atoms with van der Waals surface area (Å²) in [6.07, 6.45) is 6.21. The quantitative estimate of drug-likeness (QED) is 0.605. The first-order valence-corrected chi connectivity index (χ1v) is 8.52. The molecule has 4 aromatic rings. The normalized spacial score (nSPS) is 12.2. The van der Waals surface area contributed by atoms with Gasteiger partial charge in [0.1, 0.15) is 0 Å². The molecule has 0 fully saturated rings. The average Bonchev–Trinajstić information content (AvgIpc) is 3.32. The number of aromatic nitrogens is 4. The van der Waals surface area contributed by atoms with E-state index in [2.05, 4.69) is 15.5 Å². The van der Waals surface area contributed by atoms with Crippen molar-refractivity contribution in [2.24, 2.45) is 0 Å². The SMILES string of the molecule is C[C@@H](NC(=O)Cc1ccc(-n2cccc2)cc1)c1nnc2ccccn12. The van der Waals surface area contributed by atoms with Crippen LogP contribution in [0.3, 0.4) is 0 Å². The fraction of sp³-hybridized carbons (Fsp3) is 0.150. The molecule has 0 saturated heterocycles. The van der Waals surface area contributed by atoms with Gasteiger partial charge in [-0.1, -0.05) is 18.2 Å². The second-order valence-electron chi connectivity index (χ2n) is 6.21. The molecule has 6 nitrogen and oxygen atoms in total. The number of hydrogen-bond donors (Lipinski definition) is 1. The maximum absolute atomic E-state index is 12.4. The summed E-state index contributed by atoms with van der Waals surface area (Å²) in [6, 6.07) is 17.4. The Kier molecular flexibility index (Phi) is 4.23. The van der Waals surface area contributed by atoms with E-state index in [1.54, 1.807) is 0 Å². The number of benzene rings is 1. The summed E-state index contributed by atoms with van der Waals surface area (Å²) in [4.78, 5) is 12.4. The van der Waals surface area contributed by atoms with E-state index in [9.17, 15) is 4.79 Å². The molecule has 0 unspecified atom stereocenters. The molecule has 1 aromatic carbocycles. The third-order valence-corrected chi connectivity index (χ3v) is 4.31. The van der Waals surface area contributed by atoms with Gasteiger partial charge in [0.25, 0.3) is 0 Å². The highest BCUT2D eigenvalue weighted by Crippen LogP contribution is 2.13. The Bertz CT molecular complexity index is 1020. The van der Waals surface area contributed by atoms with E-state index in [4.69, 9.17) is 0 Å². The van der Waals surface area contributed by atoms with Crippen molar-refractivity contribution in [3.8, 4) is 5.69 Å². The number of fused-ring (bicyclic) bond motifs is 1. The number of nitrogens with one attached hydrogen (secondary N) is 1. The third kappa shape index (κ3) is 3.21. The van der Waals surface area contributed by atoms with Crippen molar-refractivity contribution in [1.29, 1.82) is 0 Å². The van der Waals surface area contributed by atoms with Crippen LogP contribution in [0.25, 0.3) is 11.3 Å². The van der Waals surface area contributed by atoms with E-state index in [-0.39, 0.29) is 11.9 Å². The first kappa shape index (κ1) is 16.1. The first-order valence-electron chi connectivity index (χ1n) is 8.52. The van der Waals surface area contributed by atoms with Gasteiger partial charge in [0.05, 0.1) is 12.5 Å². The van der Waals surface area contributed by atoms with Crippen LogP contribution in [0, 0.1) is 0 Å². The van der Waals surface area contributed by atoms with Crippen LogP contribution in [0.1, 0.15) is 24.4 Å². The number of rotatable bonds is 5. The lowest BCUT2D eigenvalue weighted by Crippen LogP contribution is -2.29. The van der Waals surface area contributed by atoms with Crippen LogP contribution in [0.15, 0.2) is 73.2 Å². The molecule has 0 radical (unpaired) electrons. The van der Waals surface area contributed by atoms with Gasteiger partial charge in [0, 0.05) is 24.3 Å². The van der Waals surface area contributed by atoms with Crippen LogP contribution in [0.4, 0.5) is 0 Å². The molecule has 6 heteroatoms. The molecule has 1 amide bonds. The monoisotopic (exact) mass is 345 g/mol. The van der Waals surface area contributed by atoms with E-state index in [1.165, 1.54) is 0 Å². The zero-order valence-electron chi connectivity index (χ0n) is 14.4. The zero-order chi connectivity index (χ0) is 17.9. The van der Waals surface area contributed by atoms with Crippen molar-refractivity contribution in [3.05, 3.63) is 84.6 Å². The topological polar surface area (TPSA) is 64.2 Å². The van der Waals surface area contributed by atoms with Gasteiger partial charge in [-0.3, -0.25) is 9.20 Å². The van der Waals surface area contributed by atoms with Crippen molar-refractivity contribution >= 4 is 11.6 Å². The molecule has 4 rings (SSSR count). The maximum atomic E-state index is 12.4. The molecular weight excluding hydrogens is 326 g/mol. The Balaban J connectivity index is 1.42. The molecule has 3 heterocycles. The highest BCUT2D eigenvalue weighted by Gasteiger charge is 2.15. The minimum Gasteiger partial charge on any atom is -0.346 e. The summed E-state index contributed by atoms with van der Waals surface area (Å²) < 4.78 is 3.92. The largest absolute Gasteiger partial charge is 0.346 e. The third-order valence-electron chi connectivity index (χ3n) is 4.31. The second-order valence-corrected chi connectivity index (χ2v) is 6.21. The van der Waals surface area contributed by atoms with Gasteiger partial charge < -0.3 is 9.88 Å². The van der Waals surface area contributed by atoms with Crippen molar-refractivity contribution in [2.75, 3.05) is 0 Å². The van der Waals surface area contributed by atoms with E-state index in [1.807, 2.05) is 89.1 Å². The molecule has 0 aliphatic carbocycles. The predicted octanol–water partition coefficient (Wildman–Crippen LogP) is 2.94. The van der Waals surface area contributed by atoms with Gasteiger partial charge >= 0.3 is 0 Å². The highest BCUT2D eigenvalue weighted by molar-refractivity contribution is 5.79. The average molecular weight is 345 g/mol. The lowest BCUT2D eigenvalue weighted by atomic mass is 10.1. The molecule has 0 saturated carbocycles. The number of carbonyl (C=O) groups excluding carboxylic acids is 1. The summed E-state index contributed by atoms with van der Waals surface area (Å²) in [5, 5.41) is 11.3. The molecule has 3 aromatic heterocycles. The maximum Gasteiger partial charge on any atom is 0.224 e. The minimum atomic E-state index is -0.223. The molecule has 0 aliphatic heterocycles. The number of carbonyl (C=O) groups is 1. The van der Waals surface area contributed by atoms with Crippen molar-refractivity contribution in [2.45, 2.75) is 19.4 Å². The Morgan fingerprint density at radius 1 is 1.00 bits per heavy atom. The molecule has 130 valence electrons. The van der Waals surface area contributed by atoms with Crippen LogP contribution < -0.4 is 5.32 Å². The number of nitrogens with zero attached hydrogens (tertiary/aromatic N) is 4. The summed E-state index contributed by atoms with van der Waals surface area (Å²) >= 11 is 0. The summed E-state index contributed by atoms with van der Waals surface area (Å²) in [5.74, 6) is 0.677. The van der Waals surface area contributed by atoms with E-state index < -0.39 is 0 Å². The Labute approximate surface area is 151 Å². The van der Waals surface area contributed by atoms with Crippen LogP contribution in [-0.2, 0) is 11.2 Å². The van der Waals surface area contributed by atoms with Crippen molar-refractivity contribution < 1.29 is 4.79 Å². The molecule has 1 N–H and O–H groups in total. The lowest BCUT2D eigenvalue weighted by molar-refractivity contribution is -0.121. The van der Waals surface area contributed by atoms with Crippen LogP contribution >= 0.6 is 0 Å². The Hall–Kier alpha value is -3.41. The minimum absolute atomic E-state index is 0.0427. The Morgan fingerprint density at radius 3 is 2.50 bits per heavy atom. The van der Waals surface area contributed by atoms with Gasteiger partial charge in [-0.15, -0.1) is 10.2 Å². The van der Waals surface area contributed by atoms with Gasteiger partial charge in [-0.25, -0.2) is 0 Å². The van der Waals surface area contributed by atoms with Gasteiger partial charge in [-0.2, -0.15) is 0 Å². The smallest absolute Gasteiger partial charge is 0.224 e. The predicted molar refractivity (Wildman–Crippen MR) is 99.0 cm³/mol. The summed E-state index contributed by atoms with van der Waals surface area (Å²) in [6.45, 7) is 1.91. The molecular formula is C20H19N5O. The molecule has 0 bridgehead atoms. The highest BCUT2D eigenvalue weighted by atomic mass is 16.1. The fourth-order valence-corrected chi connectivity index (χ4v) is 2.99. The molecule has 1 atom stereocenters. The van der Waals surface area contributed by atoms with E-state index in [0.29, 0.717) is 6.42 Å². The Morgan fingerprint density at radius 2 is 1.73 bits per heavy atom. The summed E-state index contributed by atoms with van der Waals surface area (Å²) in [7, 11) is 0. The first-order chi connectivity index (χ1) is 12.7. The number of pyridine rings is 1. The fourth-order valence-electron chi connectivity index (χ4n) is 2.99. The summed E-state index contributed by atoms with van der Waals surface area (Å²) in [5.41, 5.74) is 2.81. The zero-order valence-corrected chi connectivity index (χ0v) is 14.4. The van der Waals surface area contributed by atoms with Crippen LogP contribution in [-0.4, -0.2) is 25.1 Å². The molecule has 0 aliphatic rings. The van der Waals surface area contributed by atoms with E-state index >= 15 is 0 Å². The van der Waals surface area contributed by atoms with Crippen LogP contribution in [0.2, 0.25) is 0 Å². The lowest BCUT2D eigenvalue weighted by Gasteiger charge is -2.12. The van der Waals surface area contributed by atoms with Gasteiger partial charge in [0.2, 0.25) is 5.91 Å². The van der Waals surface area contributed by atoms with Crippen molar-refractivity contribution in [1.82, 2.24) is 24.5 Å². The molecule has 0 spiro atoms. The standard InChI is InChI=1S/C20H19N5O/c1-15(20-23-22-18-6-2-3-13-25(18)20)21-19(26)14-16-7-9-17(10-8-16)24-11-4-5-12-24/h2-13,15H,14H2,1H3,(H,21,26)/t15-/m1/s1. The number of amides is 1. The van der Waals surface area contributed by atoms with Crippen LogP contribution in [0.5, 0.6) is 0 Å². The number of hydrogen-bond acceptors (Lipinski definition) is 3. The van der Waals surface area contributed by atoms with Crippen molar-refractivity contribution in [3.63, 3.8) is 0 Å².